The van der Waals surface area contributed by atoms with E-state index in [2.05, 4.69) is 6.92 Å². The third-order valence-electron chi connectivity index (χ3n) is 10.7. The van der Waals surface area contributed by atoms with Crippen molar-refractivity contribution in [2.24, 2.45) is 52.3 Å². The van der Waals surface area contributed by atoms with Crippen LogP contribution in [0, 0.1) is 52.3 Å². The molecule has 6 aliphatic carbocycles. The van der Waals surface area contributed by atoms with E-state index >= 15 is 0 Å². The summed E-state index contributed by atoms with van der Waals surface area (Å²) in [7, 11) is 0. The van der Waals surface area contributed by atoms with Gasteiger partial charge in [0.1, 0.15) is 0 Å². The van der Waals surface area contributed by atoms with E-state index < -0.39 is 0 Å². The van der Waals surface area contributed by atoms with Crippen molar-refractivity contribution in [3.8, 4) is 0 Å². The number of fused-ring (bicyclic) bond motifs is 6. The molecule has 0 amide bonds. The van der Waals surface area contributed by atoms with Gasteiger partial charge in [0.2, 0.25) is 0 Å². The molecule has 0 saturated heterocycles. The fourth-order valence-electron chi connectivity index (χ4n) is 9.99. The molecule has 0 heteroatoms. The Bertz CT molecular complexity index is 522. The SMILES string of the molecule is CC1(CC2(CC3CC4CCC3C4)CC3CCC2C3)CC2CCC1C2. The molecule has 0 heterocycles. The first kappa shape index (κ1) is 15.1. The zero-order chi connectivity index (χ0) is 15.9. The molecule has 0 aromatic heterocycles. The van der Waals surface area contributed by atoms with Gasteiger partial charge in [-0.05, 0) is 123 Å². The molecule has 9 atom stereocenters. The largest absolute Gasteiger partial charge is 0.0593 e. The van der Waals surface area contributed by atoms with Gasteiger partial charge in [-0.3, -0.25) is 0 Å². The van der Waals surface area contributed by atoms with Crippen LogP contribution in [0.15, 0.2) is 0 Å². The third-order valence-corrected chi connectivity index (χ3v) is 10.7. The van der Waals surface area contributed by atoms with Gasteiger partial charge in [-0.15, -0.1) is 0 Å². The Labute approximate surface area is 149 Å². The summed E-state index contributed by atoms with van der Waals surface area (Å²) in [4.78, 5) is 0. The van der Waals surface area contributed by atoms with E-state index in [0.717, 1.165) is 52.3 Å². The van der Waals surface area contributed by atoms with E-state index in [1.165, 1.54) is 0 Å². The third kappa shape index (κ3) is 2.10. The van der Waals surface area contributed by atoms with Gasteiger partial charge >= 0.3 is 0 Å². The minimum Gasteiger partial charge on any atom is -0.0593 e. The number of rotatable bonds is 4. The Morgan fingerprint density at radius 2 is 1.46 bits per heavy atom. The van der Waals surface area contributed by atoms with Gasteiger partial charge in [-0.2, -0.15) is 0 Å². The molecule has 24 heavy (non-hydrogen) atoms. The summed E-state index contributed by atoms with van der Waals surface area (Å²) in [5, 5.41) is 0. The molecule has 6 aliphatic rings. The highest BCUT2D eigenvalue weighted by molar-refractivity contribution is 5.08. The Hall–Kier alpha value is 0. The maximum Gasteiger partial charge on any atom is -0.0258 e. The zero-order valence-electron chi connectivity index (χ0n) is 15.9. The molecule has 0 N–H and O–H groups in total. The molecule has 0 aliphatic heterocycles. The van der Waals surface area contributed by atoms with Crippen molar-refractivity contribution in [3.63, 3.8) is 0 Å². The standard InChI is InChI=1S/C24H38/c1-23(12-17-3-6-21(23)10-17)15-24(13-18-4-7-22(24)11-18)14-20-9-16-2-5-19(20)8-16/h16-22H,2-15H2,1H3. The predicted molar refractivity (Wildman–Crippen MR) is 99.6 cm³/mol. The second-order valence-electron chi connectivity index (χ2n) is 12.0. The van der Waals surface area contributed by atoms with Crippen molar-refractivity contribution >= 4 is 0 Å². The van der Waals surface area contributed by atoms with E-state index in [-0.39, 0.29) is 0 Å². The van der Waals surface area contributed by atoms with Crippen LogP contribution in [-0.2, 0) is 0 Å². The Morgan fingerprint density at radius 1 is 0.708 bits per heavy atom. The first-order valence-corrected chi connectivity index (χ1v) is 11.6. The highest BCUT2D eigenvalue weighted by Crippen LogP contribution is 2.68. The minimum absolute atomic E-state index is 0.741. The van der Waals surface area contributed by atoms with Crippen LogP contribution in [0.5, 0.6) is 0 Å². The van der Waals surface area contributed by atoms with Crippen LogP contribution >= 0.6 is 0 Å². The molecule has 0 radical (unpaired) electrons. The summed E-state index contributed by atoms with van der Waals surface area (Å²) in [5.74, 6) is 7.95. The molecule has 0 aromatic carbocycles. The van der Waals surface area contributed by atoms with E-state index in [9.17, 15) is 0 Å². The van der Waals surface area contributed by atoms with E-state index in [4.69, 9.17) is 0 Å². The van der Waals surface area contributed by atoms with Crippen LogP contribution in [0.1, 0.15) is 96.8 Å². The van der Waals surface area contributed by atoms with E-state index in [1.54, 1.807) is 89.9 Å². The summed E-state index contributed by atoms with van der Waals surface area (Å²) in [6.45, 7) is 2.74. The second kappa shape index (κ2) is 5.04. The summed E-state index contributed by atoms with van der Waals surface area (Å²) in [6, 6.07) is 0. The monoisotopic (exact) mass is 326 g/mol. The molecule has 0 aromatic rings. The fraction of sp³-hybridized carbons (Fsp3) is 1.00. The lowest BCUT2D eigenvalue weighted by molar-refractivity contribution is 0.0151. The van der Waals surface area contributed by atoms with Gasteiger partial charge < -0.3 is 0 Å². The molecule has 6 rings (SSSR count). The van der Waals surface area contributed by atoms with Crippen LogP contribution < -0.4 is 0 Å². The summed E-state index contributed by atoms with van der Waals surface area (Å²) in [5.41, 5.74) is 1.54. The molecule has 6 fully saturated rings. The van der Waals surface area contributed by atoms with Crippen LogP contribution in [0.3, 0.4) is 0 Å². The topological polar surface area (TPSA) is 0 Å². The first-order valence-electron chi connectivity index (χ1n) is 11.6. The van der Waals surface area contributed by atoms with E-state index in [1.807, 2.05) is 0 Å². The summed E-state index contributed by atoms with van der Waals surface area (Å²) < 4.78 is 0. The molecular formula is C24H38. The first-order chi connectivity index (χ1) is 11.6. The predicted octanol–water partition coefficient (Wildman–Crippen LogP) is 6.84. The molecule has 6 saturated carbocycles. The van der Waals surface area contributed by atoms with Gasteiger partial charge in [0.15, 0.2) is 0 Å². The molecule has 9 unspecified atom stereocenters. The van der Waals surface area contributed by atoms with Crippen molar-refractivity contribution in [3.05, 3.63) is 0 Å². The van der Waals surface area contributed by atoms with Gasteiger partial charge in [0, 0.05) is 0 Å². The minimum atomic E-state index is 0.741. The highest BCUT2D eigenvalue weighted by atomic mass is 14.6. The Kier molecular flexibility index (Phi) is 3.17. The lowest BCUT2D eigenvalue weighted by Crippen LogP contribution is -2.39. The molecule has 0 spiro atoms. The van der Waals surface area contributed by atoms with Crippen molar-refractivity contribution in [2.45, 2.75) is 96.8 Å². The van der Waals surface area contributed by atoms with Gasteiger partial charge in [0.05, 0.1) is 0 Å². The van der Waals surface area contributed by atoms with Crippen molar-refractivity contribution in [2.75, 3.05) is 0 Å². The normalized spacial score (nSPS) is 60.6. The van der Waals surface area contributed by atoms with Crippen LogP contribution in [0.25, 0.3) is 0 Å². The molecule has 0 nitrogen and oxygen atoms in total. The zero-order valence-corrected chi connectivity index (χ0v) is 15.9. The van der Waals surface area contributed by atoms with Crippen molar-refractivity contribution in [1.82, 2.24) is 0 Å². The fourth-order valence-corrected chi connectivity index (χ4v) is 9.99. The van der Waals surface area contributed by atoms with Crippen molar-refractivity contribution < 1.29 is 0 Å². The average molecular weight is 327 g/mol. The average Bonchev–Trinajstić information content (AvgIpc) is 3.34. The van der Waals surface area contributed by atoms with Gasteiger partial charge in [-0.25, -0.2) is 0 Å². The molecule has 134 valence electrons. The van der Waals surface area contributed by atoms with Gasteiger partial charge in [0.25, 0.3) is 0 Å². The number of hydrogen-bond donors (Lipinski definition) is 0. The molecular weight excluding hydrogens is 288 g/mol. The summed E-state index contributed by atoms with van der Waals surface area (Å²) in [6.07, 6.45) is 22.6. The lowest BCUT2D eigenvalue weighted by atomic mass is 9.56. The van der Waals surface area contributed by atoms with Crippen molar-refractivity contribution in [1.29, 1.82) is 0 Å². The van der Waals surface area contributed by atoms with Crippen LogP contribution in [-0.4, -0.2) is 0 Å². The van der Waals surface area contributed by atoms with Crippen LogP contribution in [0.2, 0.25) is 0 Å². The lowest BCUT2D eigenvalue weighted by Gasteiger charge is -2.48. The molecule has 6 bridgehead atoms. The highest BCUT2D eigenvalue weighted by Gasteiger charge is 2.58. The van der Waals surface area contributed by atoms with Crippen LogP contribution in [0.4, 0.5) is 0 Å². The maximum atomic E-state index is 2.74. The quantitative estimate of drug-likeness (QED) is 0.531. The summed E-state index contributed by atoms with van der Waals surface area (Å²) >= 11 is 0. The second-order valence-corrected chi connectivity index (χ2v) is 12.0. The smallest absolute Gasteiger partial charge is 0.0258 e. The van der Waals surface area contributed by atoms with Gasteiger partial charge in [-0.1, -0.05) is 26.2 Å². The maximum absolute atomic E-state index is 2.74. The Morgan fingerprint density at radius 3 is 2.00 bits per heavy atom. The number of hydrogen-bond acceptors (Lipinski definition) is 0. The van der Waals surface area contributed by atoms with E-state index in [0.29, 0.717) is 0 Å². The Balaban J connectivity index is 1.27.